The summed E-state index contributed by atoms with van der Waals surface area (Å²) < 4.78 is 0. The molecule has 20 heavy (non-hydrogen) atoms. The summed E-state index contributed by atoms with van der Waals surface area (Å²) >= 11 is 0. The number of fused-ring (bicyclic) bond motifs is 1. The summed E-state index contributed by atoms with van der Waals surface area (Å²) in [7, 11) is 3.51. The smallest absolute Gasteiger partial charge is 0.238 e. The molecule has 1 amide bonds. The minimum Gasteiger partial charge on any atom is -0.508 e. The molecule has 0 bridgehead atoms. The molecule has 1 aliphatic carbocycles. The lowest BCUT2D eigenvalue weighted by Crippen LogP contribution is -2.42. The first kappa shape index (κ1) is 14.9. The maximum absolute atomic E-state index is 12.0. The molecule has 0 fully saturated rings. The van der Waals surface area contributed by atoms with Crippen LogP contribution in [0.15, 0.2) is 12.1 Å². The second-order valence-corrected chi connectivity index (χ2v) is 6.04. The molecule has 2 N–H and O–H groups in total. The van der Waals surface area contributed by atoms with Crippen LogP contribution in [0.5, 0.6) is 5.75 Å². The highest BCUT2D eigenvalue weighted by Gasteiger charge is 2.33. The first-order valence-electron chi connectivity index (χ1n) is 7.12. The number of carbonyl (C=O) groups is 1. The van der Waals surface area contributed by atoms with E-state index in [0.29, 0.717) is 11.7 Å². The number of aryl methyl sites for hydroxylation is 1. The molecule has 3 atom stereocenters. The summed E-state index contributed by atoms with van der Waals surface area (Å²) in [6, 6.07) is 3.49. The van der Waals surface area contributed by atoms with E-state index in [1.54, 1.807) is 25.1 Å². The lowest BCUT2D eigenvalue weighted by molar-refractivity contribution is -0.130. The van der Waals surface area contributed by atoms with Crippen molar-refractivity contribution >= 4 is 5.91 Å². The molecule has 3 unspecified atom stereocenters. The molecule has 0 saturated carbocycles. The molecule has 0 saturated heterocycles. The molecule has 4 nitrogen and oxygen atoms in total. The van der Waals surface area contributed by atoms with E-state index in [4.69, 9.17) is 0 Å². The highest BCUT2D eigenvalue weighted by Crippen LogP contribution is 2.46. The van der Waals surface area contributed by atoms with Gasteiger partial charge in [0.15, 0.2) is 0 Å². The molecule has 0 radical (unpaired) electrons. The molecule has 0 aromatic heterocycles. The third-order valence-electron chi connectivity index (χ3n) is 4.18. The van der Waals surface area contributed by atoms with Gasteiger partial charge in [-0.15, -0.1) is 0 Å². The number of aromatic hydroxyl groups is 1. The van der Waals surface area contributed by atoms with Crippen molar-refractivity contribution in [2.75, 3.05) is 14.1 Å². The van der Waals surface area contributed by atoms with Gasteiger partial charge in [-0.2, -0.15) is 0 Å². The Morgan fingerprint density at radius 2 is 2.05 bits per heavy atom. The van der Waals surface area contributed by atoms with Crippen LogP contribution in [-0.2, 0) is 4.79 Å². The van der Waals surface area contributed by atoms with Crippen LogP contribution in [0.1, 0.15) is 48.9 Å². The Hall–Kier alpha value is -1.55. The number of phenols is 1. The topological polar surface area (TPSA) is 52.6 Å². The first-order valence-corrected chi connectivity index (χ1v) is 7.12. The average molecular weight is 276 g/mol. The monoisotopic (exact) mass is 276 g/mol. The standard InChI is InChI=1S/C16H24N2O2/c1-9-6-7-13(19)15-12(8-10(2)14(9)15)17-11(3)16(20)18(4)5/h6-7,10-12,17,19H,8H2,1-5H3. The number of hydrogen-bond donors (Lipinski definition) is 2. The largest absolute Gasteiger partial charge is 0.508 e. The van der Waals surface area contributed by atoms with Crippen molar-refractivity contribution in [2.45, 2.75) is 45.2 Å². The molecule has 0 spiro atoms. The predicted octanol–water partition coefficient (Wildman–Crippen LogP) is 2.32. The van der Waals surface area contributed by atoms with Crippen LogP contribution in [0.4, 0.5) is 0 Å². The summed E-state index contributed by atoms with van der Waals surface area (Å²) in [5.74, 6) is 0.784. The number of carbonyl (C=O) groups excluding carboxylic acids is 1. The Morgan fingerprint density at radius 1 is 1.40 bits per heavy atom. The number of phenolic OH excluding ortho intramolecular Hbond substituents is 1. The first-order chi connectivity index (χ1) is 9.32. The van der Waals surface area contributed by atoms with Crippen LogP contribution < -0.4 is 5.32 Å². The minimum absolute atomic E-state index is 0.0406. The molecule has 1 aromatic carbocycles. The molecule has 1 aromatic rings. The lowest BCUT2D eigenvalue weighted by Gasteiger charge is -2.23. The average Bonchev–Trinajstić information content (AvgIpc) is 2.71. The van der Waals surface area contributed by atoms with E-state index >= 15 is 0 Å². The molecule has 0 aliphatic heterocycles. The van der Waals surface area contributed by atoms with Gasteiger partial charge in [0.05, 0.1) is 6.04 Å². The fourth-order valence-corrected chi connectivity index (χ4v) is 3.26. The zero-order valence-corrected chi connectivity index (χ0v) is 12.9. The highest BCUT2D eigenvalue weighted by atomic mass is 16.3. The van der Waals surface area contributed by atoms with Gasteiger partial charge in [0.1, 0.15) is 5.75 Å². The van der Waals surface area contributed by atoms with Gasteiger partial charge >= 0.3 is 0 Å². The lowest BCUT2D eigenvalue weighted by atomic mass is 9.97. The van der Waals surface area contributed by atoms with Gasteiger partial charge in [-0.25, -0.2) is 0 Å². The van der Waals surface area contributed by atoms with E-state index in [1.807, 2.05) is 13.0 Å². The zero-order valence-electron chi connectivity index (χ0n) is 12.9. The van der Waals surface area contributed by atoms with Gasteiger partial charge in [-0.05, 0) is 43.4 Å². The van der Waals surface area contributed by atoms with Crippen LogP contribution >= 0.6 is 0 Å². The normalized spacial score (nSPS) is 22.4. The van der Waals surface area contributed by atoms with Crippen molar-refractivity contribution < 1.29 is 9.90 Å². The Bertz CT molecular complexity index is 525. The number of nitrogens with zero attached hydrogens (tertiary/aromatic N) is 1. The SMILES string of the molecule is Cc1ccc(O)c2c1C(C)CC2NC(C)C(=O)N(C)C. The molecule has 2 rings (SSSR count). The fraction of sp³-hybridized carbons (Fsp3) is 0.562. The molecule has 110 valence electrons. The third kappa shape index (κ3) is 2.52. The number of likely N-dealkylation sites (N-methyl/N-ethyl adjacent to an activating group) is 1. The van der Waals surface area contributed by atoms with Gasteiger partial charge in [-0.1, -0.05) is 13.0 Å². The van der Waals surface area contributed by atoms with Crippen molar-refractivity contribution in [1.82, 2.24) is 10.2 Å². The second kappa shape index (κ2) is 5.44. The Balaban J connectivity index is 2.27. The second-order valence-electron chi connectivity index (χ2n) is 6.04. The maximum Gasteiger partial charge on any atom is 0.238 e. The van der Waals surface area contributed by atoms with E-state index in [-0.39, 0.29) is 18.0 Å². The van der Waals surface area contributed by atoms with Crippen molar-refractivity contribution in [3.8, 4) is 5.75 Å². The summed E-state index contributed by atoms with van der Waals surface area (Å²) in [5.41, 5.74) is 3.41. The van der Waals surface area contributed by atoms with Gasteiger partial charge in [-0.3, -0.25) is 10.1 Å². The summed E-state index contributed by atoms with van der Waals surface area (Å²) in [6.45, 7) is 6.12. The zero-order chi connectivity index (χ0) is 15.0. The molecule has 1 aliphatic rings. The maximum atomic E-state index is 12.0. The van der Waals surface area contributed by atoms with E-state index in [2.05, 4.69) is 19.2 Å². The van der Waals surface area contributed by atoms with Crippen LogP contribution in [0.25, 0.3) is 0 Å². The fourth-order valence-electron chi connectivity index (χ4n) is 3.26. The van der Waals surface area contributed by atoms with E-state index in [1.165, 1.54) is 11.1 Å². The summed E-state index contributed by atoms with van der Waals surface area (Å²) in [6.07, 6.45) is 0.915. The highest BCUT2D eigenvalue weighted by molar-refractivity contribution is 5.81. The van der Waals surface area contributed by atoms with Crippen LogP contribution in [0.3, 0.4) is 0 Å². The van der Waals surface area contributed by atoms with E-state index < -0.39 is 0 Å². The van der Waals surface area contributed by atoms with E-state index in [9.17, 15) is 9.90 Å². The Morgan fingerprint density at radius 3 is 2.65 bits per heavy atom. The Labute approximate surface area is 120 Å². The number of benzene rings is 1. The number of amides is 1. The Kier molecular flexibility index (Phi) is 4.04. The van der Waals surface area contributed by atoms with Crippen molar-refractivity contribution in [3.05, 3.63) is 28.8 Å². The van der Waals surface area contributed by atoms with Gasteiger partial charge in [0.25, 0.3) is 0 Å². The molecule has 4 heteroatoms. The van der Waals surface area contributed by atoms with Gasteiger partial charge < -0.3 is 10.0 Å². The molecular weight excluding hydrogens is 252 g/mol. The third-order valence-corrected chi connectivity index (χ3v) is 4.18. The summed E-state index contributed by atoms with van der Waals surface area (Å²) in [5, 5.41) is 13.5. The molecular formula is C16H24N2O2. The van der Waals surface area contributed by atoms with Crippen molar-refractivity contribution in [1.29, 1.82) is 0 Å². The van der Waals surface area contributed by atoms with Gasteiger partial charge in [0, 0.05) is 25.7 Å². The van der Waals surface area contributed by atoms with Crippen LogP contribution in [0, 0.1) is 6.92 Å². The van der Waals surface area contributed by atoms with Crippen molar-refractivity contribution in [2.24, 2.45) is 0 Å². The summed E-state index contributed by atoms with van der Waals surface area (Å²) in [4.78, 5) is 13.6. The number of nitrogens with one attached hydrogen (secondary N) is 1. The quantitative estimate of drug-likeness (QED) is 0.891. The van der Waals surface area contributed by atoms with E-state index in [0.717, 1.165) is 12.0 Å². The van der Waals surface area contributed by atoms with Gasteiger partial charge in [0.2, 0.25) is 5.91 Å². The van der Waals surface area contributed by atoms with Crippen LogP contribution in [-0.4, -0.2) is 36.1 Å². The van der Waals surface area contributed by atoms with Crippen LogP contribution in [0.2, 0.25) is 0 Å². The minimum atomic E-state index is -0.256. The predicted molar refractivity (Wildman–Crippen MR) is 79.9 cm³/mol. The van der Waals surface area contributed by atoms with Crippen molar-refractivity contribution in [3.63, 3.8) is 0 Å². The number of rotatable bonds is 3. The number of hydrogen-bond acceptors (Lipinski definition) is 3. The molecule has 0 heterocycles.